The molecular formula is C21H26O. The van der Waals surface area contributed by atoms with Gasteiger partial charge in [-0.25, -0.2) is 0 Å². The van der Waals surface area contributed by atoms with Crippen molar-refractivity contribution in [1.29, 1.82) is 0 Å². The summed E-state index contributed by atoms with van der Waals surface area (Å²) in [5, 5.41) is 1.23. The number of furan rings is 1. The summed E-state index contributed by atoms with van der Waals surface area (Å²) in [7, 11) is 0. The van der Waals surface area contributed by atoms with E-state index in [1.54, 1.807) is 0 Å². The predicted octanol–water partition coefficient (Wildman–Crippen LogP) is 6.39. The Balaban J connectivity index is 1.98. The average molecular weight is 294 g/mol. The minimum atomic E-state index is 0.389. The van der Waals surface area contributed by atoms with Crippen molar-refractivity contribution < 1.29 is 4.42 Å². The molecular weight excluding hydrogens is 268 g/mol. The maximum absolute atomic E-state index is 6.20. The maximum atomic E-state index is 6.20. The Morgan fingerprint density at radius 2 is 2.05 bits per heavy atom. The van der Waals surface area contributed by atoms with Crippen LogP contribution in [0, 0.1) is 11.3 Å². The second-order valence-electron chi connectivity index (χ2n) is 7.47. The number of hydrogen-bond acceptors (Lipinski definition) is 1. The Bertz CT molecular complexity index is 709. The van der Waals surface area contributed by atoms with Crippen LogP contribution in [0.1, 0.15) is 51.4 Å². The first kappa shape index (κ1) is 15.1. The molecule has 0 saturated carbocycles. The molecule has 1 aliphatic carbocycles. The van der Waals surface area contributed by atoms with Crippen LogP contribution >= 0.6 is 0 Å². The molecule has 0 aliphatic heterocycles. The number of allylic oxidation sites excluding steroid dienone is 3. The molecule has 0 bridgehead atoms. The van der Waals surface area contributed by atoms with Crippen molar-refractivity contribution >= 4 is 16.5 Å². The Kier molecular flexibility index (Phi) is 3.99. The van der Waals surface area contributed by atoms with Crippen LogP contribution in [0.2, 0.25) is 0 Å². The van der Waals surface area contributed by atoms with Crippen molar-refractivity contribution in [3.8, 4) is 0 Å². The standard InChI is InChI=1S/C21H26O/c1-5-8-18-17-9-6-7-10-19(17)22-20(18)15-11-13-16(14-12-15)21(2,3)4/h5-7,9-11,16H,1,8,12-14H2,2-4H3. The Hall–Kier alpha value is -1.76. The van der Waals surface area contributed by atoms with Gasteiger partial charge in [0.05, 0.1) is 0 Å². The second-order valence-corrected chi connectivity index (χ2v) is 7.47. The van der Waals surface area contributed by atoms with Crippen molar-refractivity contribution in [2.24, 2.45) is 11.3 Å². The largest absolute Gasteiger partial charge is 0.456 e. The van der Waals surface area contributed by atoms with Gasteiger partial charge in [0.1, 0.15) is 11.3 Å². The van der Waals surface area contributed by atoms with Gasteiger partial charge in [-0.2, -0.15) is 0 Å². The summed E-state index contributed by atoms with van der Waals surface area (Å²) in [6.07, 6.45) is 8.77. The zero-order valence-corrected chi connectivity index (χ0v) is 14.0. The van der Waals surface area contributed by atoms with Gasteiger partial charge in [-0.05, 0) is 48.7 Å². The van der Waals surface area contributed by atoms with E-state index in [1.807, 2.05) is 12.1 Å². The summed E-state index contributed by atoms with van der Waals surface area (Å²) in [5.41, 5.74) is 4.06. The Morgan fingerprint density at radius 3 is 2.68 bits per heavy atom. The van der Waals surface area contributed by atoms with Crippen molar-refractivity contribution in [2.75, 3.05) is 0 Å². The van der Waals surface area contributed by atoms with Crippen molar-refractivity contribution in [3.05, 3.63) is 54.3 Å². The summed E-state index contributed by atoms with van der Waals surface area (Å²) < 4.78 is 6.20. The summed E-state index contributed by atoms with van der Waals surface area (Å²) >= 11 is 0. The molecule has 0 saturated heterocycles. The van der Waals surface area contributed by atoms with E-state index in [1.165, 1.54) is 22.9 Å². The molecule has 1 aliphatic rings. The van der Waals surface area contributed by atoms with E-state index in [-0.39, 0.29) is 0 Å². The van der Waals surface area contributed by atoms with E-state index in [0.29, 0.717) is 5.41 Å². The minimum Gasteiger partial charge on any atom is -0.456 e. The van der Waals surface area contributed by atoms with E-state index in [4.69, 9.17) is 4.42 Å². The van der Waals surface area contributed by atoms with E-state index in [0.717, 1.165) is 36.5 Å². The fourth-order valence-electron chi connectivity index (χ4n) is 3.53. The summed E-state index contributed by atoms with van der Waals surface area (Å²) in [4.78, 5) is 0. The van der Waals surface area contributed by atoms with Gasteiger partial charge in [-0.1, -0.05) is 51.1 Å². The number of rotatable bonds is 3. The highest BCUT2D eigenvalue weighted by Gasteiger charge is 2.28. The van der Waals surface area contributed by atoms with Gasteiger partial charge in [0.2, 0.25) is 0 Å². The lowest BCUT2D eigenvalue weighted by Crippen LogP contribution is -2.22. The number of fused-ring (bicyclic) bond motifs is 1. The van der Waals surface area contributed by atoms with Gasteiger partial charge in [0.15, 0.2) is 0 Å². The van der Waals surface area contributed by atoms with Crippen LogP contribution in [-0.4, -0.2) is 0 Å². The molecule has 0 spiro atoms. The summed E-state index contributed by atoms with van der Waals surface area (Å²) in [6.45, 7) is 11.0. The third-order valence-electron chi connectivity index (χ3n) is 4.97. The molecule has 0 radical (unpaired) electrons. The Morgan fingerprint density at radius 1 is 1.27 bits per heavy atom. The van der Waals surface area contributed by atoms with Crippen LogP contribution in [0.3, 0.4) is 0 Å². The molecule has 0 fully saturated rings. The number of para-hydroxylation sites is 1. The van der Waals surface area contributed by atoms with Crippen LogP contribution in [0.5, 0.6) is 0 Å². The monoisotopic (exact) mass is 294 g/mol. The van der Waals surface area contributed by atoms with E-state index in [2.05, 4.69) is 51.6 Å². The molecule has 116 valence electrons. The van der Waals surface area contributed by atoms with Gasteiger partial charge < -0.3 is 4.42 Å². The lowest BCUT2D eigenvalue weighted by atomic mass is 9.72. The van der Waals surface area contributed by atoms with Gasteiger partial charge in [-0.15, -0.1) is 6.58 Å². The zero-order valence-electron chi connectivity index (χ0n) is 14.0. The molecule has 1 atom stereocenters. The fourth-order valence-corrected chi connectivity index (χ4v) is 3.53. The topological polar surface area (TPSA) is 13.1 Å². The first-order valence-corrected chi connectivity index (χ1v) is 8.31. The number of benzene rings is 1. The second kappa shape index (κ2) is 5.79. The fraction of sp³-hybridized carbons (Fsp3) is 0.429. The Labute approximate surface area is 133 Å². The molecule has 1 aromatic heterocycles. The smallest absolute Gasteiger partial charge is 0.135 e. The molecule has 1 nitrogen and oxygen atoms in total. The lowest BCUT2D eigenvalue weighted by molar-refractivity contribution is 0.225. The van der Waals surface area contributed by atoms with Gasteiger partial charge in [0, 0.05) is 10.9 Å². The third-order valence-corrected chi connectivity index (χ3v) is 4.97. The van der Waals surface area contributed by atoms with Crippen LogP contribution in [0.15, 0.2) is 47.4 Å². The normalized spacial score (nSPS) is 19.2. The van der Waals surface area contributed by atoms with Gasteiger partial charge >= 0.3 is 0 Å². The van der Waals surface area contributed by atoms with Crippen molar-refractivity contribution in [3.63, 3.8) is 0 Å². The molecule has 1 unspecified atom stereocenters. The zero-order chi connectivity index (χ0) is 15.7. The summed E-state index contributed by atoms with van der Waals surface area (Å²) in [5.74, 6) is 1.86. The quantitative estimate of drug-likeness (QED) is 0.598. The first-order valence-electron chi connectivity index (χ1n) is 8.31. The summed E-state index contributed by atoms with van der Waals surface area (Å²) in [6, 6.07) is 8.34. The average Bonchev–Trinajstić information content (AvgIpc) is 2.86. The minimum absolute atomic E-state index is 0.389. The molecule has 3 rings (SSSR count). The highest BCUT2D eigenvalue weighted by Crippen LogP contribution is 2.42. The molecule has 1 heteroatoms. The van der Waals surface area contributed by atoms with E-state index in [9.17, 15) is 0 Å². The first-order chi connectivity index (χ1) is 10.5. The molecule has 0 N–H and O–H groups in total. The van der Waals surface area contributed by atoms with E-state index >= 15 is 0 Å². The van der Waals surface area contributed by atoms with Crippen LogP contribution < -0.4 is 0 Å². The third kappa shape index (κ3) is 2.77. The maximum Gasteiger partial charge on any atom is 0.135 e. The highest BCUT2D eigenvalue weighted by molar-refractivity contribution is 5.87. The molecule has 2 aromatic rings. The molecule has 1 heterocycles. The molecule has 1 aromatic carbocycles. The van der Waals surface area contributed by atoms with Gasteiger partial charge in [0.25, 0.3) is 0 Å². The van der Waals surface area contributed by atoms with Crippen molar-refractivity contribution in [2.45, 2.75) is 46.5 Å². The predicted molar refractivity (Wildman–Crippen MR) is 94.9 cm³/mol. The number of hydrogen-bond donors (Lipinski definition) is 0. The molecule has 22 heavy (non-hydrogen) atoms. The van der Waals surface area contributed by atoms with E-state index < -0.39 is 0 Å². The lowest BCUT2D eigenvalue weighted by Gasteiger charge is -2.33. The molecule has 0 amide bonds. The van der Waals surface area contributed by atoms with Crippen molar-refractivity contribution in [1.82, 2.24) is 0 Å². The van der Waals surface area contributed by atoms with Crippen LogP contribution in [0.4, 0.5) is 0 Å². The SMILES string of the molecule is C=CCc1c(C2=CCC(C(C)(C)C)CC2)oc2ccccc12. The van der Waals surface area contributed by atoms with Gasteiger partial charge in [-0.3, -0.25) is 0 Å². The highest BCUT2D eigenvalue weighted by atomic mass is 16.3. The van der Waals surface area contributed by atoms with Crippen LogP contribution in [0.25, 0.3) is 16.5 Å². The van der Waals surface area contributed by atoms with Crippen LogP contribution in [-0.2, 0) is 6.42 Å².